The average Bonchev–Trinajstić information content (AvgIpc) is 2.48. The third-order valence-corrected chi connectivity index (χ3v) is 6.27. The van der Waals surface area contributed by atoms with Crippen LogP contribution in [0.25, 0.3) is 0 Å². The molecule has 3 nitrogen and oxygen atoms in total. The highest BCUT2D eigenvalue weighted by Crippen LogP contribution is 2.40. The number of likely N-dealkylation sites (tertiary alicyclic amines) is 1. The Morgan fingerprint density at radius 3 is 2.43 bits per heavy atom. The van der Waals surface area contributed by atoms with Crippen LogP contribution in [0.15, 0.2) is 0 Å². The molecule has 0 bridgehead atoms. The van der Waals surface area contributed by atoms with Gasteiger partial charge in [-0.3, -0.25) is 9.69 Å². The van der Waals surface area contributed by atoms with Gasteiger partial charge in [-0.05, 0) is 56.5 Å². The molecule has 0 aromatic heterocycles. The third-order valence-electron chi connectivity index (χ3n) is 6.27. The van der Waals surface area contributed by atoms with E-state index >= 15 is 0 Å². The fraction of sp³-hybridized carbons (Fsp3) is 0.944. The summed E-state index contributed by atoms with van der Waals surface area (Å²) in [5, 5.41) is 9.58. The lowest BCUT2D eigenvalue weighted by molar-refractivity contribution is -0.147. The number of nitrogens with zero attached hydrogens (tertiary/aromatic N) is 1. The molecule has 2 rings (SSSR count). The van der Waals surface area contributed by atoms with Gasteiger partial charge in [-0.2, -0.15) is 0 Å². The lowest BCUT2D eigenvalue weighted by atomic mass is 9.73. The van der Waals surface area contributed by atoms with Gasteiger partial charge in [-0.25, -0.2) is 0 Å². The number of carboxylic acid groups (broad SMARTS) is 1. The Hall–Kier alpha value is -0.570. The van der Waals surface area contributed by atoms with E-state index < -0.39 is 5.97 Å². The Bertz CT molecular complexity index is 347. The van der Waals surface area contributed by atoms with Crippen molar-refractivity contribution in [3.05, 3.63) is 0 Å². The minimum Gasteiger partial charge on any atom is -0.481 e. The fourth-order valence-electron chi connectivity index (χ4n) is 4.34. The zero-order valence-electron chi connectivity index (χ0n) is 14.1. The number of hydrogen-bond acceptors (Lipinski definition) is 2. The summed E-state index contributed by atoms with van der Waals surface area (Å²) in [6, 6.07) is 0.286. The number of carbonyl (C=O) groups is 1. The lowest BCUT2D eigenvalue weighted by Crippen LogP contribution is -2.51. The van der Waals surface area contributed by atoms with Crippen LogP contribution in [0.5, 0.6) is 0 Å². The molecule has 1 aliphatic heterocycles. The maximum atomic E-state index is 11.6. The van der Waals surface area contributed by atoms with Gasteiger partial charge in [-0.1, -0.05) is 40.0 Å². The van der Waals surface area contributed by atoms with Crippen molar-refractivity contribution >= 4 is 5.97 Å². The first-order valence-electron chi connectivity index (χ1n) is 8.96. The summed E-state index contributed by atoms with van der Waals surface area (Å²) in [4.78, 5) is 14.1. The van der Waals surface area contributed by atoms with Crippen LogP contribution in [-0.2, 0) is 4.79 Å². The van der Waals surface area contributed by atoms with Crippen LogP contribution in [0.2, 0.25) is 0 Å². The summed E-state index contributed by atoms with van der Waals surface area (Å²) in [6.45, 7) is 9.11. The van der Waals surface area contributed by atoms with Crippen molar-refractivity contribution in [3.63, 3.8) is 0 Å². The molecule has 1 heterocycles. The fourth-order valence-corrected chi connectivity index (χ4v) is 4.34. The van der Waals surface area contributed by atoms with Gasteiger partial charge in [0.1, 0.15) is 0 Å². The zero-order valence-corrected chi connectivity index (χ0v) is 14.1. The molecule has 0 aromatic carbocycles. The normalized spacial score (nSPS) is 33.8. The number of piperidine rings is 1. The number of carboxylic acids is 1. The van der Waals surface area contributed by atoms with Crippen LogP contribution in [0.1, 0.15) is 72.1 Å². The first-order valence-corrected chi connectivity index (χ1v) is 8.96. The van der Waals surface area contributed by atoms with Crippen LogP contribution >= 0.6 is 0 Å². The topological polar surface area (TPSA) is 40.5 Å². The Kier molecular flexibility index (Phi) is 5.70. The van der Waals surface area contributed by atoms with Crippen LogP contribution in [0, 0.1) is 17.3 Å². The molecule has 0 spiro atoms. The van der Waals surface area contributed by atoms with Gasteiger partial charge >= 0.3 is 5.97 Å². The molecule has 3 heteroatoms. The highest BCUT2D eigenvalue weighted by Gasteiger charge is 2.40. The van der Waals surface area contributed by atoms with E-state index in [0.29, 0.717) is 5.41 Å². The molecular formula is C18H33NO2. The van der Waals surface area contributed by atoms with E-state index in [1.54, 1.807) is 0 Å². The Balaban J connectivity index is 2.01. The SMILES string of the molecule is CCCC1CCC(C(=O)O)C(N2CCC(C)(CC)CC2)C1. The summed E-state index contributed by atoms with van der Waals surface area (Å²) in [7, 11) is 0. The predicted octanol–water partition coefficient (Wildman–Crippen LogP) is 4.17. The van der Waals surface area contributed by atoms with Crippen molar-refractivity contribution in [1.29, 1.82) is 0 Å². The summed E-state index contributed by atoms with van der Waals surface area (Å²) < 4.78 is 0. The van der Waals surface area contributed by atoms with Gasteiger partial charge < -0.3 is 5.11 Å². The molecule has 0 aromatic rings. The third kappa shape index (κ3) is 4.00. The predicted molar refractivity (Wildman–Crippen MR) is 86.4 cm³/mol. The second-order valence-electron chi connectivity index (χ2n) is 7.68. The van der Waals surface area contributed by atoms with Gasteiger partial charge in [0.15, 0.2) is 0 Å². The van der Waals surface area contributed by atoms with Crippen LogP contribution < -0.4 is 0 Å². The molecule has 122 valence electrons. The molecule has 3 unspecified atom stereocenters. The largest absolute Gasteiger partial charge is 0.481 e. The van der Waals surface area contributed by atoms with Crippen molar-refractivity contribution in [2.24, 2.45) is 17.3 Å². The molecule has 3 atom stereocenters. The quantitative estimate of drug-likeness (QED) is 0.827. The van der Waals surface area contributed by atoms with E-state index in [-0.39, 0.29) is 12.0 Å². The summed E-state index contributed by atoms with van der Waals surface area (Å²) >= 11 is 0. The van der Waals surface area contributed by atoms with Gasteiger partial charge in [0.25, 0.3) is 0 Å². The van der Waals surface area contributed by atoms with Crippen molar-refractivity contribution in [2.75, 3.05) is 13.1 Å². The maximum absolute atomic E-state index is 11.6. The van der Waals surface area contributed by atoms with Gasteiger partial charge in [0.05, 0.1) is 5.92 Å². The average molecular weight is 295 g/mol. The Morgan fingerprint density at radius 2 is 1.90 bits per heavy atom. The highest BCUT2D eigenvalue weighted by molar-refractivity contribution is 5.71. The molecule has 2 fully saturated rings. The first-order chi connectivity index (χ1) is 9.99. The van der Waals surface area contributed by atoms with E-state index in [1.165, 1.54) is 32.1 Å². The van der Waals surface area contributed by atoms with E-state index in [4.69, 9.17) is 0 Å². The van der Waals surface area contributed by atoms with Crippen LogP contribution in [0.3, 0.4) is 0 Å². The maximum Gasteiger partial charge on any atom is 0.308 e. The van der Waals surface area contributed by atoms with Crippen LogP contribution in [0.4, 0.5) is 0 Å². The summed E-state index contributed by atoms with van der Waals surface area (Å²) in [5.74, 6) is 0.0398. The lowest BCUT2D eigenvalue weighted by Gasteiger charge is -2.46. The molecule has 1 saturated heterocycles. The molecule has 0 radical (unpaired) electrons. The highest BCUT2D eigenvalue weighted by atomic mass is 16.4. The molecule has 2 aliphatic rings. The van der Waals surface area contributed by atoms with Crippen LogP contribution in [-0.4, -0.2) is 35.1 Å². The van der Waals surface area contributed by atoms with Crippen molar-refractivity contribution in [2.45, 2.75) is 78.2 Å². The molecule has 1 saturated carbocycles. The van der Waals surface area contributed by atoms with E-state index in [9.17, 15) is 9.90 Å². The standard InChI is InChI=1S/C18H33NO2/c1-4-6-14-7-8-15(17(20)21)16(13-14)19-11-9-18(3,5-2)10-12-19/h14-16H,4-13H2,1-3H3,(H,20,21). The van der Waals surface area contributed by atoms with Crippen molar-refractivity contribution in [1.82, 2.24) is 4.90 Å². The van der Waals surface area contributed by atoms with Crippen molar-refractivity contribution < 1.29 is 9.90 Å². The van der Waals surface area contributed by atoms with Crippen molar-refractivity contribution in [3.8, 4) is 0 Å². The minimum atomic E-state index is -0.571. The molecule has 21 heavy (non-hydrogen) atoms. The summed E-state index contributed by atoms with van der Waals surface area (Å²) in [6.07, 6.45) is 9.29. The second kappa shape index (κ2) is 7.13. The Labute approximate surface area is 130 Å². The van der Waals surface area contributed by atoms with Gasteiger partial charge in [0.2, 0.25) is 0 Å². The second-order valence-corrected chi connectivity index (χ2v) is 7.68. The monoisotopic (exact) mass is 295 g/mol. The molecule has 0 amide bonds. The number of rotatable bonds is 5. The first kappa shape index (κ1) is 16.8. The molecule has 1 N–H and O–H groups in total. The minimum absolute atomic E-state index is 0.135. The Morgan fingerprint density at radius 1 is 1.24 bits per heavy atom. The van der Waals surface area contributed by atoms with E-state index in [1.807, 2.05) is 0 Å². The molecule has 1 aliphatic carbocycles. The smallest absolute Gasteiger partial charge is 0.308 e. The number of hydrogen-bond donors (Lipinski definition) is 1. The van der Waals surface area contributed by atoms with E-state index in [0.717, 1.165) is 38.3 Å². The summed E-state index contributed by atoms with van der Waals surface area (Å²) in [5.41, 5.74) is 0.479. The van der Waals surface area contributed by atoms with E-state index in [2.05, 4.69) is 25.7 Å². The van der Waals surface area contributed by atoms with Gasteiger partial charge in [0, 0.05) is 6.04 Å². The zero-order chi connectivity index (χ0) is 15.5. The number of aliphatic carboxylic acids is 1. The molecular weight excluding hydrogens is 262 g/mol. The van der Waals surface area contributed by atoms with Gasteiger partial charge in [-0.15, -0.1) is 0 Å².